The maximum atomic E-state index is 11.8. The number of likely N-dealkylation sites (tertiary alicyclic amines) is 1. The molecule has 1 amide bonds. The van der Waals surface area contributed by atoms with Crippen molar-refractivity contribution >= 4 is 11.9 Å². The molecule has 1 saturated heterocycles. The van der Waals surface area contributed by atoms with Gasteiger partial charge in [0.05, 0.1) is 0 Å². The van der Waals surface area contributed by atoms with Crippen LogP contribution in [-0.4, -0.2) is 51.2 Å². The number of hydrogen-bond acceptors (Lipinski definition) is 5. The van der Waals surface area contributed by atoms with E-state index >= 15 is 0 Å². The van der Waals surface area contributed by atoms with Gasteiger partial charge < -0.3 is 16.0 Å². The van der Waals surface area contributed by atoms with Gasteiger partial charge in [0.25, 0.3) is 0 Å². The molecule has 1 aromatic heterocycles. The molecule has 2 heterocycles. The number of nitrogens with zero attached hydrogens (tertiary/aromatic N) is 4. The van der Waals surface area contributed by atoms with E-state index in [1.54, 1.807) is 0 Å². The van der Waals surface area contributed by atoms with Crippen LogP contribution in [0.25, 0.3) is 0 Å². The van der Waals surface area contributed by atoms with Crippen LogP contribution in [0.2, 0.25) is 0 Å². The number of carbonyl (C=O) groups excluding carboxylic acids is 1. The van der Waals surface area contributed by atoms with Crippen molar-refractivity contribution in [3.8, 4) is 0 Å². The molecule has 0 radical (unpaired) electrons. The number of rotatable bonds is 5. The molecule has 0 spiro atoms. The van der Waals surface area contributed by atoms with Crippen LogP contribution in [0.15, 0.2) is 6.33 Å². The third kappa shape index (κ3) is 4.51. The Morgan fingerprint density at radius 2 is 2.21 bits per heavy atom. The molecule has 1 aliphatic heterocycles. The molecule has 1 atom stereocenters. The van der Waals surface area contributed by atoms with Gasteiger partial charge in [0.1, 0.15) is 12.9 Å². The van der Waals surface area contributed by atoms with E-state index in [1.807, 2.05) is 6.92 Å². The molecular weight excluding hydrogens is 244 g/mol. The van der Waals surface area contributed by atoms with Crippen molar-refractivity contribution in [2.24, 2.45) is 0 Å². The number of aromatic nitrogens is 3. The fourth-order valence-electron chi connectivity index (χ4n) is 2.43. The summed E-state index contributed by atoms with van der Waals surface area (Å²) < 4.78 is 1.44. The number of nitrogen functional groups attached to an aromatic ring is 1. The number of piperidine rings is 1. The van der Waals surface area contributed by atoms with Crippen LogP contribution < -0.4 is 11.1 Å². The van der Waals surface area contributed by atoms with E-state index in [9.17, 15) is 4.79 Å². The molecule has 7 nitrogen and oxygen atoms in total. The molecule has 0 bridgehead atoms. The maximum absolute atomic E-state index is 11.8. The number of hydrogen-bond donors (Lipinski definition) is 2. The Morgan fingerprint density at radius 3 is 2.84 bits per heavy atom. The normalized spacial score (nSPS) is 18.2. The molecule has 19 heavy (non-hydrogen) atoms. The van der Waals surface area contributed by atoms with Crippen LogP contribution in [0.3, 0.4) is 0 Å². The van der Waals surface area contributed by atoms with Gasteiger partial charge in [-0.05, 0) is 32.9 Å². The molecule has 3 N–H and O–H groups in total. The zero-order chi connectivity index (χ0) is 13.7. The summed E-state index contributed by atoms with van der Waals surface area (Å²) in [5.41, 5.74) is 5.40. The summed E-state index contributed by atoms with van der Waals surface area (Å²) in [6.45, 7) is 5.38. The van der Waals surface area contributed by atoms with Gasteiger partial charge in [-0.25, -0.2) is 9.67 Å². The SMILES string of the molecule is CC(CN1CCCCC1)NC(=O)Cn1cnc(N)n1. The summed E-state index contributed by atoms with van der Waals surface area (Å²) in [5, 5.41) is 6.86. The van der Waals surface area contributed by atoms with Crippen LogP contribution in [0.4, 0.5) is 5.95 Å². The highest BCUT2D eigenvalue weighted by Gasteiger charge is 2.15. The van der Waals surface area contributed by atoms with Gasteiger partial charge in [-0.2, -0.15) is 0 Å². The van der Waals surface area contributed by atoms with E-state index in [4.69, 9.17) is 5.73 Å². The zero-order valence-electron chi connectivity index (χ0n) is 11.4. The third-order valence-electron chi connectivity index (χ3n) is 3.25. The minimum absolute atomic E-state index is 0.0607. The summed E-state index contributed by atoms with van der Waals surface area (Å²) in [4.78, 5) is 18.0. The Balaban J connectivity index is 1.71. The van der Waals surface area contributed by atoms with Crippen LogP contribution in [-0.2, 0) is 11.3 Å². The summed E-state index contributed by atoms with van der Waals surface area (Å²) in [7, 11) is 0. The largest absolute Gasteiger partial charge is 0.367 e. The quantitative estimate of drug-likeness (QED) is 0.773. The van der Waals surface area contributed by atoms with Crippen molar-refractivity contribution < 1.29 is 4.79 Å². The van der Waals surface area contributed by atoms with Crippen molar-refractivity contribution in [2.75, 3.05) is 25.4 Å². The van der Waals surface area contributed by atoms with E-state index < -0.39 is 0 Å². The smallest absolute Gasteiger partial charge is 0.242 e. The predicted molar refractivity (Wildman–Crippen MR) is 72.3 cm³/mol. The average Bonchev–Trinajstić information content (AvgIpc) is 2.75. The van der Waals surface area contributed by atoms with Crippen molar-refractivity contribution in [3.63, 3.8) is 0 Å². The molecule has 1 aromatic rings. The molecule has 1 aliphatic rings. The first-order valence-corrected chi connectivity index (χ1v) is 6.80. The van der Waals surface area contributed by atoms with E-state index in [2.05, 4.69) is 20.3 Å². The maximum Gasteiger partial charge on any atom is 0.242 e. The first-order valence-electron chi connectivity index (χ1n) is 6.80. The van der Waals surface area contributed by atoms with Gasteiger partial charge in [0, 0.05) is 12.6 Å². The molecule has 1 fully saturated rings. The topological polar surface area (TPSA) is 89.1 Å². The van der Waals surface area contributed by atoms with Crippen LogP contribution >= 0.6 is 0 Å². The fraction of sp³-hybridized carbons (Fsp3) is 0.750. The second-order valence-electron chi connectivity index (χ2n) is 5.13. The van der Waals surface area contributed by atoms with Crippen LogP contribution in [0, 0.1) is 0 Å². The summed E-state index contributed by atoms with van der Waals surface area (Å²) in [6.07, 6.45) is 5.31. The van der Waals surface area contributed by atoms with Crippen molar-refractivity contribution in [1.29, 1.82) is 0 Å². The number of nitrogens with one attached hydrogen (secondary N) is 1. The minimum atomic E-state index is -0.0607. The molecule has 7 heteroatoms. The minimum Gasteiger partial charge on any atom is -0.367 e. The Kier molecular flexibility index (Phi) is 4.73. The van der Waals surface area contributed by atoms with E-state index in [1.165, 1.54) is 30.3 Å². The van der Waals surface area contributed by atoms with E-state index in [0.717, 1.165) is 19.6 Å². The molecule has 1 unspecified atom stereocenters. The Labute approximate surface area is 113 Å². The number of carbonyl (C=O) groups is 1. The fourth-order valence-corrected chi connectivity index (χ4v) is 2.43. The lowest BCUT2D eigenvalue weighted by atomic mass is 10.1. The van der Waals surface area contributed by atoms with Gasteiger partial charge >= 0.3 is 0 Å². The molecule has 0 saturated carbocycles. The van der Waals surface area contributed by atoms with E-state index in [-0.39, 0.29) is 24.4 Å². The molecule has 0 aliphatic carbocycles. The Morgan fingerprint density at radius 1 is 1.47 bits per heavy atom. The summed E-state index contributed by atoms with van der Waals surface area (Å²) in [5.74, 6) is 0.128. The predicted octanol–water partition coefficient (Wildman–Crippen LogP) is -0.149. The zero-order valence-corrected chi connectivity index (χ0v) is 11.4. The molecule has 2 rings (SSSR count). The van der Waals surface area contributed by atoms with Gasteiger partial charge in [0.15, 0.2) is 0 Å². The molecule has 0 aromatic carbocycles. The molecule has 106 valence electrons. The Bertz CT molecular complexity index is 412. The van der Waals surface area contributed by atoms with Gasteiger partial charge in [0.2, 0.25) is 11.9 Å². The van der Waals surface area contributed by atoms with Crippen LogP contribution in [0.5, 0.6) is 0 Å². The first kappa shape index (κ1) is 13.8. The van der Waals surface area contributed by atoms with Crippen molar-refractivity contribution in [1.82, 2.24) is 25.0 Å². The van der Waals surface area contributed by atoms with Crippen LogP contribution in [0.1, 0.15) is 26.2 Å². The first-order chi connectivity index (χ1) is 9.13. The summed E-state index contributed by atoms with van der Waals surface area (Å²) in [6, 6.07) is 0.145. The third-order valence-corrected chi connectivity index (χ3v) is 3.25. The second-order valence-corrected chi connectivity index (χ2v) is 5.13. The number of nitrogens with two attached hydrogens (primary N) is 1. The lowest BCUT2D eigenvalue weighted by molar-refractivity contribution is -0.122. The van der Waals surface area contributed by atoms with Gasteiger partial charge in [-0.1, -0.05) is 6.42 Å². The highest BCUT2D eigenvalue weighted by Crippen LogP contribution is 2.08. The van der Waals surface area contributed by atoms with Gasteiger partial charge in [-0.15, -0.1) is 5.10 Å². The Hall–Kier alpha value is -1.63. The van der Waals surface area contributed by atoms with E-state index in [0.29, 0.717) is 0 Å². The highest BCUT2D eigenvalue weighted by molar-refractivity contribution is 5.75. The lowest BCUT2D eigenvalue weighted by Crippen LogP contribution is -2.44. The van der Waals surface area contributed by atoms with Gasteiger partial charge in [-0.3, -0.25) is 4.79 Å². The monoisotopic (exact) mass is 266 g/mol. The summed E-state index contributed by atoms with van der Waals surface area (Å²) >= 11 is 0. The van der Waals surface area contributed by atoms with Crippen molar-refractivity contribution in [2.45, 2.75) is 38.8 Å². The number of anilines is 1. The van der Waals surface area contributed by atoms with Crippen molar-refractivity contribution in [3.05, 3.63) is 6.33 Å². The highest BCUT2D eigenvalue weighted by atomic mass is 16.2. The standard InChI is InChI=1S/C12H22N6O/c1-10(7-17-5-3-2-4-6-17)15-11(19)8-18-9-14-12(13)16-18/h9-10H,2-8H2,1H3,(H2,13,16)(H,15,19). The number of amides is 1. The lowest BCUT2D eigenvalue weighted by Gasteiger charge is -2.29. The molecular formula is C12H22N6O. The second kappa shape index (κ2) is 6.51. The average molecular weight is 266 g/mol.